The number of thioether (sulfide) groups is 1. The third kappa shape index (κ3) is 6.44. The zero-order valence-corrected chi connectivity index (χ0v) is 21.7. The Kier molecular flexibility index (Phi) is 8.88. The summed E-state index contributed by atoms with van der Waals surface area (Å²) < 4.78 is 50.2. The number of hydrogen-bond donors (Lipinski definition) is 2. The number of nitriles is 1. The van der Waals surface area contributed by atoms with Gasteiger partial charge in [0.2, 0.25) is 11.8 Å². The van der Waals surface area contributed by atoms with Gasteiger partial charge in [-0.1, -0.05) is 39.8 Å². The molecule has 2 N–H and O–H groups in total. The zero-order valence-electron chi connectivity index (χ0n) is 19.3. The maximum Gasteiger partial charge on any atom is 0.418 e. The van der Waals surface area contributed by atoms with Gasteiger partial charge in [-0.15, -0.1) is 0 Å². The van der Waals surface area contributed by atoms with Gasteiger partial charge < -0.3 is 20.1 Å². The first kappa shape index (κ1) is 28.1. The van der Waals surface area contributed by atoms with Crippen LogP contribution in [0.5, 0.6) is 5.75 Å². The van der Waals surface area contributed by atoms with E-state index >= 15 is 0 Å². The van der Waals surface area contributed by atoms with Crippen LogP contribution in [0.4, 0.5) is 18.9 Å². The topological polar surface area (TPSA) is 118 Å². The Balaban J connectivity index is 1.90. The van der Waals surface area contributed by atoms with Gasteiger partial charge in [-0.25, -0.2) is 0 Å². The van der Waals surface area contributed by atoms with Crippen molar-refractivity contribution in [1.29, 1.82) is 5.26 Å². The summed E-state index contributed by atoms with van der Waals surface area (Å²) in [5, 5.41) is 14.6. The fourth-order valence-corrected chi connectivity index (χ4v) is 4.88. The summed E-state index contributed by atoms with van der Waals surface area (Å²) in [4.78, 5) is 37.8. The molecular formula is C24H19BrF3N3O5S. The SMILES string of the molecule is COC(=O)[C@@H]1C(=O)NC(SCC(=O)Nc2ccc(Br)cc2C(F)(F)F)=C(C#N)[C@@H]1c1ccc(OC)cc1. The summed E-state index contributed by atoms with van der Waals surface area (Å²) in [5.41, 5.74) is -1.03. The maximum atomic E-state index is 13.4. The highest BCUT2D eigenvalue weighted by atomic mass is 79.9. The minimum Gasteiger partial charge on any atom is -0.497 e. The Bertz CT molecular complexity index is 1290. The molecule has 3 rings (SSSR count). The molecule has 2 aromatic rings. The number of nitrogens with one attached hydrogen (secondary N) is 2. The van der Waals surface area contributed by atoms with Crippen LogP contribution in [0.1, 0.15) is 17.0 Å². The number of amides is 2. The molecule has 0 fully saturated rings. The number of anilines is 1. The molecular weight excluding hydrogens is 579 g/mol. The molecule has 0 aliphatic carbocycles. The number of carbonyl (C=O) groups is 3. The van der Waals surface area contributed by atoms with Gasteiger partial charge in [-0.3, -0.25) is 14.4 Å². The predicted octanol–water partition coefficient (Wildman–Crippen LogP) is 4.59. The summed E-state index contributed by atoms with van der Waals surface area (Å²) in [7, 11) is 2.58. The number of esters is 1. The van der Waals surface area contributed by atoms with E-state index in [2.05, 4.69) is 26.6 Å². The van der Waals surface area contributed by atoms with Crippen molar-refractivity contribution in [2.24, 2.45) is 5.92 Å². The summed E-state index contributed by atoms with van der Waals surface area (Å²) in [6.07, 6.45) is -4.71. The smallest absolute Gasteiger partial charge is 0.418 e. The summed E-state index contributed by atoms with van der Waals surface area (Å²) >= 11 is 3.73. The Morgan fingerprint density at radius 2 is 1.86 bits per heavy atom. The summed E-state index contributed by atoms with van der Waals surface area (Å²) in [6, 6.07) is 11.7. The number of rotatable bonds is 7. The lowest BCUT2D eigenvalue weighted by atomic mass is 9.78. The minimum atomic E-state index is -4.71. The molecule has 37 heavy (non-hydrogen) atoms. The van der Waals surface area contributed by atoms with Gasteiger partial charge in [0, 0.05) is 10.4 Å². The lowest BCUT2D eigenvalue weighted by molar-refractivity contribution is -0.150. The van der Waals surface area contributed by atoms with Crippen LogP contribution in [0.25, 0.3) is 0 Å². The second-order valence-corrected chi connectivity index (χ2v) is 9.52. The molecule has 2 atom stereocenters. The number of ether oxygens (including phenoxy) is 2. The molecule has 1 aliphatic heterocycles. The molecule has 1 aliphatic rings. The van der Waals surface area contributed by atoms with Crippen molar-refractivity contribution in [3.63, 3.8) is 0 Å². The molecule has 0 saturated carbocycles. The predicted molar refractivity (Wildman–Crippen MR) is 132 cm³/mol. The molecule has 8 nitrogen and oxygen atoms in total. The third-order valence-electron chi connectivity index (χ3n) is 5.37. The highest BCUT2D eigenvalue weighted by Gasteiger charge is 2.44. The van der Waals surface area contributed by atoms with Crippen molar-refractivity contribution in [1.82, 2.24) is 5.32 Å². The van der Waals surface area contributed by atoms with Crippen molar-refractivity contribution in [3.8, 4) is 11.8 Å². The lowest BCUT2D eigenvalue weighted by Gasteiger charge is -2.31. The van der Waals surface area contributed by atoms with E-state index in [4.69, 9.17) is 9.47 Å². The molecule has 13 heteroatoms. The van der Waals surface area contributed by atoms with E-state index in [-0.39, 0.29) is 15.1 Å². The van der Waals surface area contributed by atoms with Gasteiger partial charge in [-0.2, -0.15) is 18.4 Å². The second-order valence-electron chi connectivity index (χ2n) is 7.62. The standard InChI is InChI=1S/C24H19BrF3N3O5S/c1-35-14-6-3-12(4-7-14)19-15(10-29)22(31-21(33)20(19)23(34)36-2)37-11-18(32)30-17-8-5-13(25)9-16(17)24(26,27)28/h3-9,19-20H,11H2,1-2H3,(H,30,32)(H,31,33)/t19-,20-/m0/s1. The van der Waals surface area contributed by atoms with Crippen LogP contribution < -0.4 is 15.4 Å². The van der Waals surface area contributed by atoms with Crippen molar-refractivity contribution in [2.45, 2.75) is 12.1 Å². The normalized spacial score (nSPS) is 17.5. The van der Waals surface area contributed by atoms with Crippen LogP contribution in [0.3, 0.4) is 0 Å². The zero-order chi connectivity index (χ0) is 27.3. The number of benzene rings is 2. The van der Waals surface area contributed by atoms with Crippen LogP contribution in [0.15, 0.2) is 57.5 Å². The molecule has 0 radical (unpaired) electrons. The Hall–Kier alpha value is -3.50. The molecule has 0 saturated heterocycles. The molecule has 2 aromatic carbocycles. The highest BCUT2D eigenvalue weighted by Crippen LogP contribution is 2.41. The molecule has 0 aromatic heterocycles. The average Bonchev–Trinajstić information content (AvgIpc) is 2.87. The van der Waals surface area contributed by atoms with E-state index in [0.717, 1.165) is 31.0 Å². The quantitative estimate of drug-likeness (QED) is 0.354. The first-order valence-corrected chi connectivity index (χ1v) is 12.2. The first-order chi connectivity index (χ1) is 17.5. The van der Waals surface area contributed by atoms with E-state index in [1.54, 1.807) is 24.3 Å². The Morgan fingerprint density at radius 3 is 2.43 bits per heavy atom. The number of halogens is 4. The number of carbonyl (C=O) groups excluding carboxylic acids is 3. The van der Waals surface area contributed by atoms with Gasteiger partial charge in [0.15, 0.2) is 0 Å². The van der Waals surface area contributed by atoms with Gasteiger partial charge in [0.05, 0.1) is 47.9 Å². The molecule has 194 valence electrons. The van der Waals surface area contributed by atoms with E-state index < -0.39 is 52.8 Å². The van der Waals surface area contributed by atoms with Crippen LogP contribution >= 0.6 is 27.7 Å². The number of alkyl halides is 3. The van der Waals surface area contributed by atoms with Crippen molar-refractivity contribution < 1.29 is 37.0 Å². The van der Waals surface area contributed by atoms with E-state index in [9.17, 15) is 32.8 Å². The molecule has 0 spiro atoms. The van der Waals surface area contributed by atoms with Crippen LogP contribution in [-0.4, -0.2) is 37.8 Å². The lowest BCUT2D eigenvalue weighted by Crippen LogP contribution is -2.44. The summed E-state index contributed by atoms with van der Waals surface area (Å²) in [5.74, 6) is -4.71. The van der Waals surface area contributed by atoms with E-state index in [1.807, 2.05) is 6.07 Å². The van der Waals surface area contributed by atoms with Gasteiger partial charge in [0.25, 0.3) is 0 Å². The Labute approximate surface area is 222 Å². The van der Waals surface area contributed by atoms with Gasteiger partial charge in [0.1, 0.15) is 11.7 Å². The van der Waals surface area contributed by atoms with Crippen molar-refractivity contribution in [3.05, 3.63) is 68.7 Å². The maximum absolute atomic E-state index is 13.4. The fourth-order valence-electron chi connectivity index (χ4n) is 3.67. The largest absolute Gasteiger partial charge is 0.497 e. The molecule has 0 unspecified atom stereocenters. The number of allylic oxidation sites excluding steroid dienone is 1. The van der Waals surface area contributed by atoms with Gasteiger partial charge in [-0.05, 0) is 35.9 Å². The highest BCUT2D eigenvalue weighted by molar-refractivity contribution is 9.10. The van der Waals surface area contributed by atoms with Crippen molar-refractivity contribution >= 4 is 51.2 Å². The van der Waals surface area contributed by atoms with Gasteiger partial charge >= 0.3 is 12.1 Å². The second kappa shape index (κ2) is 11.7. The summed E-state index contributed by atoms with van der Waals surface area (Å²) in [6.45, 7) is 0. The van der Waals surface area contributed by atoms with Crippen LogP contribution in [-0.2, 0) is 25.3 Å². The van der Waals surface area contributed by atoms with Crippen LogP contribution in [0, 0.1) is 17.2 Å². The average molecular weight is 598 g/mol. The Morgan fingerprint density at radius 1 is 1.19 bits per heavy atom. The molecule has 1 heterocycles. The van der Waals surface area contributed by atoms with Crippen molar-refractivity contribution in [2.75, 3.05) is 25.3 Å². The molecule has 2 amide bonds. The van der Waals surface area contributed by atoms with E-state index in [1.165, 1.54) is 13.2 Å². The monoisotopic (exact) mass is 597 g/mol. The number of methoxy groups -OCH3 is 2. The third-order valence-corrected chi connectivity index (χ3v) is 6.88. The van der Waals surface area contributed by atoms with E-state index in [0.29, 0.717) is 11.3 Å². The first-order valence-electron chi connectivity index (χ1n) is 10.5. The number of nitrogens with zero attached hydrogens (tertiary/aromatic N) is 1. The molecule has 0 bridgehead atoms. The number of hydrogen-bond acceptors (Lipinski definition) is 7. The van der Waals surface area contributed by atoms with Crippen LogP contribution in [0.2, 0.25) is 0 Å². The minimum absolute atomic E-state index is 0.00223. The fraction of sp³-hybridized carbons (Fsp3) is 0.250.